The molecule has 1 aliphatic rings. The summed E-state index contributed by atoms with van der Waals surface area (Å²) in [6, 6.07) is 17.7. The number of anilines is 1. The number of benzene rings is 2. The van der Waals surface area contributed by atoms with E-state index in [1.54, 1.807) is 7.11 Å². The van der Waals surface area contributed by atoms with Crippen LogP contribution < -0.4 is 9.64 Å². The van der Waals surface area contributed by atoms with Gasteiger partial charge in [-0.1, -0.05) is 30.3 Å². The second-order valence-corrected chi connectivity index (χ2v) is 7.11. The first-order chi connectivity index (χ1) is 14.2. The second-order valence-electron chi connectivity index (χ2n) is 7.11. The predicted octanol–water partition coefficient (Wildman–Crippen LogP) is 3.55. The van der Waals surface area contributed by atoms with Crippen molar-refractivity contribution in [3.63, 3.8) is 0 Å². The smallest absolute Gasteiger partial charge is 0.230 e. The summed E-state index contributed by atoms with van der Waals surface area (Å²) in [6.45, 7) is 4.79. The molecule has 6 heteroatoms. The molecule has 29 heavy (non-hydrogen) atoms. The summed E-state index contributed by atoms with van der Waals surface area (Å²) in [5.74, 6) is 2.13. The number of para-hydroxylation sites is 2. The predicted molar refractivity (Wildman–Crippen MR) is 112 cm³/mol. The highest BCUT2D eigenvalue weighted by Gasteiger charge is 2.24. The van der Waals surface area contributed by atoms with E-state index in [1.165, 1.54) is 0 Å². The maximum atomic E-state index is 12.8. The van der Waals surface area contributed by atoms with Crippen molar-refractivity contribution in [3.8, 4) is 17.2 Å². The Morgan fingerprint density at radius 2 is 1.72 bits per heavy atom. The Labute approximate surface area is 170 Å². The quantitative estimate of drug-likeness (QED) is 0.666. The summed E-state index contributed by atoms with van der Waals surface area (Å²) in [7, 11) is 1.68. The number of rotatable bonds is 5. The second kappa shape index (κ2) is 8.39. The van der Waals surface area contributed by atoms with E-state index in [9.17, 15) is 4.79 Å². The van der Waals surface area contributed by atoms with Gasteiger partial charge < -0.3 is 19.0 Å². The van der Waals surface area contributed by atoms with Gasteiger partial charge in [0.05, 0.1) is 24.9 Å². The third kappa shape index (κ3) is 4.11. The van der Waals surface area contributed by atoms with Crippen LogP contribution in [-0.4, -0.2) is 49.1 Å². The van der Waals surface area contributed by atoms with Crippen molar-refractivity contribution in [1.82, 2.24) is 9.88 Å². The number of hydrogen-bond acceptors (Lipinski definition) is 5. The first-order valence-electron chi connectivity index (χ1n) is 9.83. The summed E-state index contributed by atoms with van der Waals surface area (Å²) < 4.78 is 11.4. The molecule has 1 saturated heterocycles. The van der Waals surface area contributed by atoms with Gasteiger partial charge in [-0.2, -0.15) is 0 Å². The minimum atomic E-state index is 0.0727. The molecule has 0 bridgehead atoms. The molecule has 0 atom stereocenters. The Kier molecular flexibility index (Phi) is 5.51. The molecule has 2 heterocycles. The van der Waals surface area contributed by atoms with Crippen LogP contribution >= 0.6 is 0 Å². The Hall–Kier alpha value is -3.28. The summed E-state index contributed by atoms with van der Waals surface area (Å²) in [6.07, 6.45) is 0.236. The number of oxazole rings is 1. The summed E-state index contributed by atoms with van der Waals surface area (Å²) >= 11 is 0. The summed E-state index contributed by atoms with van der Waals surface area (Å²) in [5.41, 5.74) is 2.75. The number of nitrogens with zero attached hydrogens (tertiary/aromatic N) is 3. The van der Waals surface area contributed by atoms with Crippen LogP contribution in [0.4, 0.5) is 5.69 Å². The van der Waals surface area contributed by atoms with Crippen LogP contribution in [0.5, 0.6) is 5.75 Å². The fraction of sp³-hybridized carbons (Fsp3) is 0.304. The van der Waals surface area contributed by atoms with E-state index >= 15 is 0 Å². The van der Waals surface area contributed by atoms with Crippen molar-refractivity contribution in [2.45, 2.75) is 13.3 Å². The van der Waals surface area contributed by atoms with Crippen molar-refractivity contribution in [2.24, 2.45) is 0 Å². The van der Waals surface area contributed by atoms with E-state index in [1.807, 2.05) is 60.4 Å². The molecule has 0 radical (unpaired) electrons. The molecule has 4 rings (SSSR count). The van der Waals surface area contributed by atoms with Crippen LogP contribution in [0.3, 0.4) is 0 Å². The lowest BCUT2D eigenvalue weighted by Crippen LogP contribution is -2.49. The lowest BCUT2D eigenvalue weighted by atomic mass is 10.2. The van der Waals surface area contributed by atoms with Gasteiger partial charge in [0, 0.05) is 31.7 Å². The van der Waals surface area contributed by atoms with E-state index in [0.29, 0.717) is 24.7 Å². The summed E-state index contributed by atoms with van der Waals surface area (Å²) in [4.78, 5) is 21.5. The van der Waals surface area contributed by atoms with Gasteiger partial charge in [-0.05, 0) is 31.2 Å². The lowest BCUT2D eigenvalue weighted by Gasteiger charge is -2.36. The maximum absolute atomic E-state index is 12.8. The SMILES string of the molecule is COc1ccccc1N1CCN(C(=O)Cc2oc(-c3ccccc3)nc2C)CC1. The van der Waals surface area contributed by atoms with Crippen molar-refractivity contribution >= 4 is 11.6 Å². The number of carbonyl (C=O) groups is 1. The molecule has 1 fully saturated rings. The van der Waals surface area contributed by atoms with Crippen molar-refractivity contribution in [1.29, 1.82) is 0 Å². The average Bonchev–Trinajstić information content (AvgIpc) is 3.14. The Balaban J connectivity index is 1.39. The highest BCUT2D eigenvalue weighted by atomic mass is 16.5. The molecule has 1 amide bonds. The number of aromatic nitrogens is 1. The minimum Gasteiger partial charge on any atom is -0.495 e. The molecule has 6 nitrogen and oxygen atoms in total. The van der Waals surface area contributed by atoms with Gasteiger partial charge in [0.1, 0.15) is 11.5 Å². The lowest BCUT2D eigenvalue weighted by molar-refractivity contribution is -0.131. The Morgan fingerprint density at radius 1 is 1.03 bits per heavy atom. The fourth-order valence-corrected chi connectivity index (χ4v) is 3.63. The average molecular weight is 391 g/mol. The number of ether oxygens (including phenoxy) is 1. The standard InChI is InChI=1S/C23H25N3O3/c1-17-21(29-23(24-17)18-8-4-3-5-9-18)16-22(27)26-14-12-25(13-15-26)19-10-6-7-11-20(19)28-2/h3-11H,12-16H2,1-2H3. The third-order valence-corrected chi connectivity index (χ3v) is 5.28. The molecule has 150 valence electrons. The number of aryl methyl sites for hydroxylation is 1. The van der Waals surface area contributed by atoms with Gasteiger partial charge in [-0.15, -0.1) is 0 Å². The van der Waals surface area contributed by atoms with Crippen LogP contribution in [0.2, 0.25) is 0 Å². The van der Waals surface area contributed by atoms with Crippen LogP contribution in [0.15, 0.2) is 59.0 Å². The van der Waals surface area contributed by atoms with Crippen LogP contribution in [-0.2, 0) is 11.2 Å². The van der Waals surface area contributed by atoms with Crippen LogP contribution in [0, 0.1) is 6.92 Å². The van der Waals surface area contributed by atoms with E-state index in [0.717, 1.165) is 35.8 Å². The van der Waals surface area contributed by atoms with Crippen molar-refractivity contribution in [2.75, 3.05) is 38.2 Å². The molecule has 0 unspecified atom stereocenters. The molecular formula is C23H25N3O3. The zero-order chi connectivity index (χ0) is 20.2. The van der Waals surface area contributed by atoms with Gasteiger partial charge in [-0.3, -0.25) is 4.79 Å². The zero-order valence-electron chi connectivity index (χ0n) is 16.8. The van der Waals surface area contributed by atoms with Gasteiger partial charge >= 0.3 is 0 Å². The topological polar surface area (TPSA) is 58.8 Å². The fourth-order valence-electron chi connectivity index (χ4n) is 3.63. The first kappa shape index (κ1) is 19.1. The largest absolute Gasteiger partial charge is 0.495 e. The van der Waals surface area contributed by atoms with Gasteiger partial charge in [-0.25, -0.2) is 4.98 Å². The Bertz CT molecular complexity index is 976. The number of hydrogen-bond donors (Lipinski definition) is 0. The molecule has 0 saturated carbocycles. The molecule has 0 N–H and O–H groups in total. The molecular weight excluding hydrogens is 366 g/mol. The van der Waals surface area contributed by atoms with Crippen LogP contribution in [0.1, 0.15) is 11.5 Å². The normalized spacial score (nSPS) is 14.1. The number of carbonyl (C=O) groups excluding carboxylic acids is 1. The van der Waals surface area contributed by atoms with Crippen LogP contribution in [0.25, 0.3) is 11.5 Å². The van der Waals surface area contributed by atoms with Gasteiger partial charge in [0.25, 0.3) is 0 Å². The molecule has 0 spiro atoms. The minimum absolute atomic E-state index is 0.0727. The van der Waals surface area contributed by atoms with Gasteiger partial charge in [0.15, 0.2) is 0 Å². The van der Waals surface area contributed by atoms with Crippen molar-refractivity contribution < 1.29 is 13.9 Å². The summed E-state index contributed by atoms with van der Waals surface area (Å²) in [5, 5.41) is 0. The maximum Gasteiger partial charge on any atom is 0.230 e. The van der Waals surface area contributed by atoms with E-state index in [-0.39, 0.29) is 12.3 Å². The molecule has 2 aromatic carbocycles. The van der Waals surface area contributed by atoms with E-state index < -0.39 is 0 Å². The monoisotopic (exact) mass is 391 g/mol. The highest BCUT2D eigenvalue weighted by Crippen LogP contribution is 2.28. The first-order valence-corrected chi connectivity index (χ1v) is 9.83. The number of amides is 1. The third-order valence-electron chi connectivity index (χ3n) is 5.28. The Morgan fingerprint density at radius 3 is 2.45 bits per heavy atom. The molecule has 3 aromatic rings. The number of piperazine rings is 1. The zero-order valence-corrected chi connectivity index (χ0v) is 16.8. The molecule has 1 aliphatic heterocycles. The van der Waals surface area contributed by atoms with E-state index in [4.69, 9.17) is 9.15 Å². The molecule has 1 aromatic heterocycles. The van der Waals surface area contributed by atoms with E-state index in [2.05, 4.69) is 16.0 Å². The van der Waals surface area contributed by atoms with Gasteiger partial charge in [0.2, 0.25) is 11.8 Å². The highest BCUT2D eigenvalue weighted by molar-refractivity contribution is 5.79. The number of methoxy groups -OCH3 is 1. The van der Waals surface area contributed by atoms with Crippen molar-refractivity contribution in [3.05, 3.63) is 66.1 Å². The molecule has 0 aliphatic carbocycles.